The molecule has 28 heavy (non-hydrogen) atoms. The zero-order valence-corrected chi connectivity index (χ0v) is 16.2. The van der Waals surface area contributed by atoms with E-state index in [0.29, 0.717) is 31.5 Å². The number of carbonyl (C=O) groups is 2. The van der Waals surface area contributed by atoms with Crippen LogP contribution in [0.5, 0.6) is 0 Å². The number of pyridine rings is 1. The summed E-state index contributed by atoms with van der Waals surface area (Å²) >= 11 is 0. The molecule has 3 rings (SSSR count). The van der Waals surface area contributed by atoms with E-state index in [-0.39, 0.29) is 17.2 Å². The fourth-order valence-electron chi connectivity index (χ4n) is 3.48. The van der Waals surface area contributed by atoms with Crippen molar-refractivity contribution in [2.45, 2.75) is 39.3 Å². The average molecular weight is 379 g/mol. The summed E-state index contributed by atoms with van der Waals surface area (Å²) in [6.45, 7) is 4.53. The SMILES string of the molecule is CC[C@@H](C(=O)NCCCn1ccccc1=O)n1cc(C(C)=O)c2ccccc21. The van der Waals surface area contributed by atoms with Crippen molar-refractivity contribution in [1.29, 1.82) is 0 Å². The molecule has 0 saturated carbocycles. The van der Waals surface area contributed by atoms with Crippen molar-refractivity contribution in [2.75, 3.05) is 6.54 Å². The first-order valence-electron chi connectivity index (χ1n) is 9.56. The minimum atomic E-state index is -0.391. The van der Waals surface area contributed by atoms with E-state index in [1.54, 1.807) is 30.0 Å². The zero-order valence-electron chi connectivity index (χ0n) is 16.2. The lowest BCUT2D eigenvalue weighted by Gasteiger charge is -2.18. The van der Waals surface area contributed by atoms with Crippen LogP contribution in [0.2, 0.25) is 0 Å². The summed E-state index contributed by atoms with van der Waals surface area (Å²) in [4.78, 5) is 36.5. The second-order valence-electron chi connectivity index (χ2n) is 6.82. The van der Waals surface area contributed by atoms with E-state index in [2.05, 4.69) is 5.32 Å². The molecule has 0 aliphatic carbocycles. The van der Waals surface area contributed by atoms with E-state index < -0.39 is 6.04 Å². The van der Waals surface area contributed by atoms with Gasteiger partial charge in [-0.1, -0.05) is 31.2 Å². The highest BCUT2D eigenvalue weighted by Gasteiger charge is 2.22. The van der Waals surface area contributed by atoms with Crippen LogP contribution in [0.1, 0.15) is 43.1 Å². The highest BCUT2D eigenvalue weighted by Crippen LogP contribution is 2.26. The minimum absolute atomic E-state index is 0.0153. The van der Waals surface area contributed by atoms with Gasteiger partial charge in [0.05, 0.1) is 0 Å². The molecule has 1 N–H and O–H groups in total. The van der Waals surface area contributed by atoms with Gasteiger partial charge in [0.2, 0.25) is 11.5 Å². The summed E-state index contributed by atoms with van der Waals surface area (Å²) in [5.74, 6) is -0.0997. The third kappa shape index (κ3) is 4.06. The lowest BCUT2D eigenvalue weighted by Crippen LogP contribution is -2.33. The topological polar surface area (TPSA) is 73.1 Å². The Balaban J connectivity index is 1.70. The molecule has 3 aromatic rings. The number of Topliss-reactive ketones (excluding diaryl/α,β-unsaturated/α-hetero) is 1. The Morgan fingerprint density at radius 1 is 1.11 bits per heavy atom. The Morgan fingerprint density at radius 2 is 1.86 bits per heavy atom. The summed E-state index contributed by atoms with van der Waals surface area (Å²) in [6.07, 6.45) is 4.80. The Bertz CT molecular complexity index is 1050. The largest absolute Gasteiger partial charge is 0.354 e. The number of benzene rings is 1. The second-order valence-corrected chi connectivity index (χ2v) is 6.82. The number of nitrogens with one attached hydrogen (secondary N) is 1. The number of aryl methyl sites for hydroxylation is 1. The van der Waals surface area contributed by atoms with Crippen molar-refractivity contribution < 1.29 is 9.59 Å². The molecule has 6 heteroatoms. The van der Waals surface area contributed by atoms with Crippen LogP contribution in [-0.4, -0.2) is 27.4 Å². The predicted octanol–water partition coefficient (Wildman–Crippen LogP) is 3.16. The van der Waals surface area contributed by atoms with E-state index >= 15 is 0 Å². The van der Waals surface area contributed by atoms with Crippen LogP contribution in [-0.2, 0) is 11.3 Å². The van der Waals surface area contributed by atoms with Crippen LogP contribution in [0.3, 0.4) is 0 Å². The molecule has 2 heterocycles. The fraction of sp³-hybridized carbons (Fsp3) is 0.318. The summed E-state index contributed by atoms with van der Waals surface area (Å²) in [5, 5.41) is 3.83. The molecule has 1 amide bonds. The molecule has 0 aliphatic rings. The maximum atomic E-state index is 12.8. The molecule has 0 aliphatic heterocycles. The van der Waals surface area contributed by atoms with Gasteiger partial charge in [-0.3, -0.25) is 14.4 Å². The van der Waals surface area contributed by atoms with Gasteiger partial charge in [-0.05, 0) is 31.9 Å². The van der Waals surface area contributed by atoms with Gasteiger partial charge in [0.25, 0.3) is 0 Å². The Hall–Kier alpha value is -3.15. The maximum Gasteiger partial charge on any atom is 0.250 e. The first-order chi connectivity index (χ1) is 13.5. The zero-order chi connectivity index (χ0) is 20.1. The maximum absolute atomic E-state index is 12.8. The van der Waals surface area contributed by atoms with Gasteiger partial charge in [0.15, 0.2) is 5.78 Å². The molecule has 2 aromatic heterocycles. The van der Waals surface area contributed by atoms with Crippen LogP contribution in [0, 0.1) is 0 Å². The molecule has 1 atom stereocenters. The van der Waals surface area contributed by atoms with Crippen molar-refractivity contribution in [1.82, 2.24) is 14.5 Å². The third-order valence-electron chi connectivity index (χ3n) is 4.92. The third-order valence-corrected chi connectivity index (χ3v) is 4.92. The molecule has 0 radical (unpaired) electrons. The first kappa shape index (κ1) is 19.6. The molecule has 0 fully saturated rings. The summed E-state index contributed by atoms with van der Waals surface area (Å²) in [6, 6.07) is 12.3. The van der Waals surface area contributed by atoms with Crippen LogP contribution in [0.25, 0.3) is 10.9 Å². The number of aromatic nitrogens is 2. The smallest absolute Gasteiger partial charge is 0.250 e. The molecule has 0 saturated heterocycles. The summed E-state index contributed by atoms with van der Waals surface area (Å²) in [7, 11) is 0. The van der Waals surface area contributed by atoms with Gasteiger partial charge in [-0.2, -0.15) is 0 Å². The van der Waals surface area contributed by atoms with E-state index in [1.807, 2.05) is 41.8 Å². The van der Waals surface area contributed by atoms with E-state index in [0.717, 1.165) is 10.9 Å². The molecule has 0 spiro atoms. The lowest BCUT2D eigenvalue weighted by atomic mass is 10.1. The lowest BCUT2D eigenvalue weighted by molar-refractivity contribution is -0.124. The molecule has 146 valence electrons. The van der Waals surface area contributed by atoms with Gasteiger partial charge in [-0.25, -0.2) is 0 Å². The van der Waals surface area contributed by atoms with Gasteiger partial charge >= 0.3 is 0 Å². The van der Waals surface area contributed by atoms with Gasteiger partial charge in [0, 0.05) is 48.0 Å². The highest BCUT2D eigenvalue weighted by molar-refractivity contribution is 6.07. The number of hydrogen-bond acceptors (Lipinski definition) is 3. The number of para-hydroxylation sites is 1. The minimum Gasteiger partial charge on any atom is -0.354 e. The monoisotopic (exact) mass is 379 g/mol. The van der Waals surface area contributed by atoms with E-state index in [4.69, 9.17) is 0 Å². The van der Waals surface area contributed by atoms with Crippen molar-refractivity contribution in [3.05, 3.63) is 70.8 Å². The van der Waals surface area contributed by atoms with Crippen LogP contribution in [0.15, 0.2) is 59.7 Å². The average Bonchev–Trinajstić information content (AvgIpc) is 3.07. The van der Waals surface area contributed by atoms with Crippen molar-refractivity contribution in [3.63, 3.8) is 0 Å². The Labute approximate surface area is 163 Å². The van der Waals surface area contributed by atoms with Crippen molar-refractivity contribution in [2.24, 2.45) is 0 Å². The number of carbonyl (C=O) groups excluding carboxylic acids is 2. The first-order valence-corrected chi connectivity index (χ1v) is 9.56. The van der Waals surface area contributed by atoms with Crippen LogP contribution < -0.4 is 10.9 Å². The van der Waals surface area contributed by atoms with Gasteiger partial charge in [-0.15, -0.1) is 0 Å². The predicted molar refractivity (Wildman–Crippen MR) is 110 cm³/mol. The van der Waals surface area contributed by atoms with Gasteiger partial charge < -0.3 is 14.5 Å². The number of fused-ring (bicyclic) bond motifs is 1. The number of hydrogen-bond donors (Lipinski definition) is 1. The van der Waals surface area contributed by atoms with Crippen LogP contribution in [0.4, 0.5) is 0 Å². The van der Waals surface area contributed by atoms with Crippen molar-refractivity contribution >= 4 is 22.6 Å². The number of amides is 1. The highest BCUT2D eigenvalue weighted by atomic mass is 16.2. The molecule has 6 nitrogen and oxygen atoms in total. The number of rotatable bonds is 8. The second kappa shape index (κ2) is 8.69. The molecule has 0 unspecified atom stereocenters. The fourth-order valence-corrected chi connectivity index (χ4v) is 3.48. The number of ketones is 1. The molecular weight excluding hydrogens is 354 g/mol. The van der Waals surface area contributed by atoms with Gasteiger partial charge in [0.1, 0.15) is 6.04 Å². The molecule has 0 bridgehead atoms. The molecular formula is C22H25N3O3. The standard InChI is InChI=1S/C22H25N3O3/c1-3-19(22(28)23-12-8-14-24-13-7-6-11-21(24)27)25-15-18(16(2)26)17-9-4-5-10-20(17)25/h4-7,9-11,13,15,19H,3,8,12,14H2,1-2H3,(H,23,28)/t19-/m0/s1. The summed E-state index contributed by atoms with van der Waals surface area (Å²) in [5.41, 5.74) is 1.46. The number of nitrogens with zero attached hydrogens (tertiary/aromatic N) is 2. The molecule has 1 aromatic carbocycles. The van der Waals surface area contributed by atoms with Crippen LogP contribution >= 0.6 is 0 Å². The quantitative estimate of drug-likeness (QED) is 0.483. The summed E-state index contributed by atoms with van der Waals surface area (Å²) < 4.78 is 3.52. The van der Waals surface area contributed by atoms with Crippen molar-refractivity contribution in [3.8, 4) is 0 Å². The Kier molecular flexibility index (Phi) is 6.09. The Morgan fingerprint density at radius 3 is 2.57 bits per heavy atom. The van der Waals surface area contributed by atoms with E-state index in [1.165, 1.54) is 6.07 Å². The van der Waals surface area contributed by atoms with E-state index in [9.17, 15) is 14.4 Å². The normalized spacial score (nSPS) is 12.1.